The summed E-state index contributed by atoms with van der Waals surface area (Å²) in [5.74, 6) is 0.989. The van der Waals surface area contributed by atoms with Gasteiger partial charge in [0.15, 0.2) is 0 Å². The highest BCUT2D eigenvalue weighted by Crippen LogP contribution is 2.27. The summed E-state index contributed by atoms with van der Waals surface area (Å²) in [5, 5.41) is 0. The van der Waals surface area contributed by atoms with E-state index in [0.29, 0.717) is 25.7 Å². The largest absolute Gasteiger partial charge is 0.492 e. The third-order valence-electron chi connectivity index (χ3n) is 8.53. The van der Waals surface area contributed by atoms with Gasteiger partial charge in [-0.2, -0.15) is 0 Å². The van der Waals surface area contributed by atoms with Crippen LogP contribution in [0.15, 0.2) is 77.6 Å². The fourth-order valence-corrected chi connectivity index (χ4v) is 6.08. The normalized spacial score (nSPS) is 15.2. The van der Waals surface area contributed by atoms with Crippen molar-refractivity contribution in [3.63, 3.8) is 0 Å². The van der Waals surface area contributed by atoms with Crippen molar-refractivity contribution in [3.8, 4) is 5.75 Å². The molecule has 1 aromatic heterocycles. The Kier molecular flexibility index (Phi) is 9.24. The molecule has 0 aliphatic carbocycles. The molecule has 7 heteroatoms. The van der Waals surface area contributed by atoms with Crippen molar-refractivity contribution < 1.29 is 9.53 Å². The van der Waals surface area contributed by atoms with Crippen LogP contribution < -0.4 is 10.4 Å². The Morgan fingerprint density at radius 2 is 1.63 bits per heavy atom. The SMILES string of the molecule is CCC(COc1ccccc1Cc1ccc(C(=O)N(CC)CC)cc1)N1CCC(n2c(=O)[nH]c3ccccc32)CC1. The highest BCUT2D eigenvalue weighted by Gasteiger charge is 2.27. The number of para-hydroxylation sites is 3. The summed E-state index contributed by atoms with van der Waals surface area (Å²) < 4.78 is 8.40. The Morgan fingerprint density at radius 3 is 2.34 bits per heavy atom. The second-order valence-corrected chi connectivity index (χ2v) is 10.9. The number of aromatic nitrogens is 2. The molecule has 41 heavy (non-hydrogen) atoms. The van der Waals surface area contributed by atoms with Crippen molar-refractivity contribution in [2.24, 2.45) is 0 Å². The molecule has 0 radical (unpaired) electrons. The van der Waals surface area contributed by atoms with Gasteiger partial charge in [0.1, 0.15) is 12.4 Å². The fraction of sp³-hybridized carbons (Fsp3) is 0.412. The number of aromatic amines is 1. The van der Waals surface area contributed by atoms with Crippen molar-refractivity contribution in [1.29, 1.82) is 0 Å². The number of piperidine rings is 1. The number of carbonyl (C=O) groups excluding carboxylic acids is 1. The lowest BCUT2D eigenvalue weighted by molar-refractivity contribution is 0.0773. The molecule has 0 spiro atoms. The molecule has 1 saturated heterocycles. The summed E-state index contributed by atoms with van der Waals surface area (Å²) >= 11 is 0. The lowest BCUT2D eigenvalue weighted by Crippen LogP contribution is -2.45. The number of fused-ring (bicyclic) bond motifs is 1. The first-order valence-electron chi connectivity index (χ1n) is 15.0. The van der Waals surface area contributed by atoms with Crippen LogP contribution in [0.3, 0.4) is 0 Å². The van der Waals surface area contributed by atoms with Crippen LogP contribution in [0.4, 0.5) is 0 Å². The van der Waals surface area contributed by atoms with E-state index in [-0.39, 0.29) is 17.6 Å². The number of likely N-dealkylation sites (tertiary alicyclic amines) is 1. The van der Waals surface area contributed by atoms with Gasteiger partial charge in [0.2, 0.25) is 0 Å². The molecule has 3 aromatic carbocycles. The van der Waals surface area contributed by atoms with E-state index in [9.17, 15) is 9.59 Å². The number of benzene rings is 3. The molecule has 4 aromatic rings. The number of rotatable bonds is 11. The highest BCUT2D eigenvalue weighted by atomic mass is 16.5. The van der Waals surface area contributed by atoms with Crippen molar-refractivity contribution >= 4 is 16.9 Å². The van der Waals surface area contributed by atoms with Crippen LogP contribution in [0.1, 0.15) is 67.6 Å². The van der Waals surface area contributed by atoms with Crippen LogP contribution in [0.2, 0.25) is 0 Å². The zero-order valence-corrected chi connectivity index (χ0v) is 24.5. The standard InChI is InChI=1S/C34H42N4O3/c1-4-28(37-21-19-29(20-22-37)38-31-13-9-8-12-30(31)35-34(38)40)24-41-32-14-10-7-11-27(32)23-25-15-17-26(18-16-25)33(39)36(5-2)6-3/h7-18,28-29H,4-6,19-24H2,1-3H3,(H,35,40). The predicted molar refractivity (Wildman–Crippen MR) is 165 cm³/mol. The number of hydrogen-bond acceptors (Lipinski definition) is 4. The third-order valence-corrected chi connectivity index (χ3v) is 8.53. The number of amides is 1. The second-order valence-electron chi connectivity index (χ2n) is 10.9. The van der Waals surface area contributed by atoms with Crippen LogP contribution in [0.25, 0.3) is 11.0 Å². The molecule has 2 heterocycles. The van der Waals surface area contributed by atoms with Gasteiger partial charge < -0.3 is 14.6 Å². The lowest BCUT2D eigenvalue weighted by Gasteiger charge is -2.37. The van der Waals surface area contributed by atoms with Crippen LogP contribution in [-0.4, -0.2) is 64.1 Å². The minimum absolute atomic E-state index is 0.0123. The van der Waals surface area contributed by atoms with Crippen molar-refractivity contribution in [1.82, 2.24) is 19.4 Å². The van der Waals surface area contributed by atoms with Gasteiger partial charge in [-0.1, -0.05) is 49.4 Å². The van der Waals surface area contributed by atoms with E-state index in [0.717, 1.165) is 72.2 Å². The molecule has 1 N–H and O–H groups in total. The van der Waals surface area contributed by atoms with E-state index in [1.165, 1.54) is 0 Å². The number of H-pyrrole nitrogens is 1. The van der Waals surface area contributed by atoms with Gasteiger partial charge in [-0.15, -0.1) is 0 Å². The fourth-order valence-electron chi connectivity index (χ4n) is 6.08. The minimum atomic E-state index is -0.0123. The van der Waals surface area contributed by atoms with Crippen LogP contribution in [0.5, 0.6) is 5.75 Å². The van der Waals surface area contributed by atoms with Crippen LogP contribution >= 0.6 is 0 Å². The average Bonchev–Trinajstić information content (AvgIpc) is 3.35. The first-order chi connectivity index (χ1) is 20.0. The quantitative estimate of drug-likeness (QED) is 0.251. The molecule has 7 nitrogen and oxygen atoms in total. The number of ether oxygens (including phenoxy) is 1. The van der Waals surface area contributed by atoms with Crippen molar-refractivity contribution in [2.45, 2.75) is 58.5 Å². The summed E-state index contributed by atoms with van der Waals surface area (Å²) in [6.07, 6.45) is 3.64. The summed E-state index contributed by atoms with van der Waals surface area (Å²) in [4.78, 5) is 32.7. The summed E-state index contributed by atoms with van der Waals surface area (Å²) in [5.41, 5.74) is 4.91. The minimum Gasteiger partial charge on any atom is -0.492 e. The molecular weight excluding hydrogens is 512 g/mol. The second kappa shape index (κ2) is 13.2. The lowest BCUT2D eigenvalue weighted by atomic mass is 10.0. The number of nitrogens with one attached hydrogen (secondary N) is 1. The molecule has 1 aliphatic rings. The van der Waals surface area contributed by atoms with Gasteiger partial charge in [0, 0.05) is 50.2 Å². The van der Waals surface area contributed by atoms with E-state index < -0.39 is 0 Å². The van der Waals surface area contributed by atoms with E-state index >= 15 is 0 Å². The first kappa shape index (κ1) is 28.7. The van der Waals surface area contributed by atoms with Gasteiger partial charge in [-0.05, 0) is 74.6 Å². The van der Waals surface area contributed by atoms with Gasteiger partial charge >= 0.3 is 5.69 Å². The van der Waals surface area contributed by atoms with E-state index in [2.05, 4.69) is 35.0 Å². The van der Waals surface area contributed by atoms with Crippen LogP contribution in [-0.2, 0) is 6.42 Å². The Labute approximate surface area is 242 Å². The Balaban J connectivity index is 1.19. The molecule has 1 aliphatic heterocycles. The molecule has 0 bridgehead atoms. The Morgan fingerprint density at radius 1 is 0.951 bits per heavy atom. The maximum absolute atomic E-state index is 12.7. The molecule has 1 atom stereocenters. The molecule has 216 valence electrons. The van der Waals surface area contributed by atoms with Crippen molar-refractivity contribution in [2.75, 3.05) is 32.8 Å². The molecule has 1 amide bonds. The average molecular weight is 555 g/mol. The topological polar surface area (TPSA) is 70.6 Å². The zero-order chi connectivity index (χ0) is 28.8. The van der Waals surface area contributed by atoms with E-state index in [4.69, 9.17) is 4.74 Å². The Bertz CT molecular complexity index is 1490. The van der Waals surface area contributed by atoms with Gasteiger partial charge in [-0.25, -0.2) is 4.79 Å². The molecule has 5 rings (SSSR count). The van der Waals surface area contributed by atoms with Gasteiger partial charge in [-0.3, -0.25) is 14.3 Å². The Hall–Kier alpha value is -3.84. The summed E-state index contributed by atoms with van der Waals surface area (Å²) in [6.45, 7) is 10.2. The molecule has 1 fully saturated rings. The number of imidazole rings is 1. The maximum atomic E-state index is 12.7. The monoisotopic (exact) mass is 554 g/mol. The van der Waals surface area contributed by atoms with Gasteiger partial charge in [0.25, 0.3) is 5.91 Å². The number of hydrogen-bond donors (Lipinski definition) is 1. The first-order valence-corrected chi connectivity index (χ1v) is 15.0. The summed E-state index contributed by atoms with van der Waals surface area (Å²) in [7, 11) is 0. The van der Waals surface area contributed by atoms with E-state index in [1.54, 1.807) is 0 Å². The predicted octanol–water partition coefficient (Wildman–Crippen LogP) is 5.90. The van der Waals surface area contributed by atoms with Crippen molar-refractivity contribution in [3.05, 3.63) is 100.0 Å². The van der Waals surface area contributed by atoms with Gasteiger partial charge in [0.05, 0.1) is 11.0 Å². The van der Waals surface area contributed by atoms with E-state index in [1.807, 2.05) is 77.9 Å². The molecular formula is C34H42N4O3. The number of carbonyl (C=O) groups is 1. The molecule has 0 saturated carbocycles. The zero-order valence-electron chi connectivity index (χ0n) is 24.5. The summed E-state index contributed by atoms with van der Waals surface area (Å²) in [6, 6.07) is 24.7. The van der Waals surface area contributed by atoms with Crippen LogP contribution in [0, 0.1) is 0 Å². The smallest absolute Gasteiger partial charge is 0.326 e. The molecule has 1 unspecified atom stereocenters. The highest BCUT2D eigenvalue weighted by molar-refractivity contribution is 5.94. The number of nitrogens with zero attached hydrogens (tertiary/aromatic N) is 3. The third kappa shape index (κ3) is 6.41. The maximum Gasteiger partial charge on any atom is 0.326 e.